The first-order chi connectivity index (χ1) is 9.60. The van der Waals surface area contributed by atoms with E-state index >= 15 is 0 Å². The van der Waals surface area contributed by atoms with Crippen LogP contribution in [0.4, 0.5) is 0 Å². The van der Waals surface area contributed by atoms with Crippen molar-refractivity contribution in [2.24, 2.45) is 0 Å². The van der Waals surface area contributed by atoms with Crippen molar-refractivity contribution in [3.63, 3.8) is 0 Å². The number of hydrogen-bond acceptors (Lipinski definition) is 3. The number of aryl methyl sites for hydroxylation is 1. The van der Waals surface area contributed by atoms with E-state index in [1.807, 2.05) is 23.6 Å². The van der Waals surface area contributed by atoms with Crippen molar-refractivity contribution in [2.75, 3.05) is 0 Å². The van der Waals surface area contributed by atoms with E-state index in [2.05, 4.69) is 4.98 Å². The third kappa shape index (κ3) is 1.98. The van der Waals surface area contributed by atoms with Gasteiger partial charge in [-0.25, -0.2) is 4.98 Å². The maximum Gasteiger partial charge on any atom is 0.144 e. The lowest BCUT2D eigenvalue weighted by Crippen LogP contribution is -1.97. The summed E-state index contributed by atoms with van der Waals surface area (Å²) in [7, 11) is 0. The summed E-state index contributed by atoms with van der Waals surface area (Å²) >= 11 is 5.99. The summed E-state index contributed by atoms with van der Waals surface area (Å²) in [6, 6.07) is 10.0. The van der Waals surface area contributed by atoms with E-state index in [4.69, 9.17) is 11.6 Å². The summed E-state index contributed by atoms with van der Waals surface area (Å²) in [5.41, 5.74) is 2.32. The molecule has 0 aliphatic rings. The number of fused-ring (bicyclic) bond motifs is 1. The maximum absolute atomic E-state index is 10.0. The lowest BCUT2D eigenvalue weighted by molar-refractivity contribution is 0.451. The molecule has 0 radical (unpaired) electrons. The van der Waals surface area contributed by atoms with Crippen LogP contribution in [-0.2, 0) is 6.54 Å². The molecule has 0 saturated carbocycles. The van der Waals surface area contributed by atoms with Gasteiger partial charge in [0.15, 0.2) is 0 Å². The number of benzene rings is 2. The van der Waals surface area contributed by atoms with Gasteiger partial charge in [0.1, 0.15) is 17.3 Å². The second-order valence-corrected chi connectivity index (χ2v) is 4.95. The van der Waals surface area contributed by atoms with E-state index in [0.29, 0.717) is 23.0 Å². The molecule has 0 unspecified atom stereocenters. The highest BCUT2D eigenvalue weighted by Crippen LogP contribution is 2.34. The predicted octanol–water partition coefficient (Wildman–Crippen LogP) is 3.79. The zero-order valence-electron chi connectivity index (χ0n) is 10.8. The van der Waals surface area contributed by atoms with Crippen LogP contribution in [0.1, 0.15) is 6.92 Å². The molecule has 1 aromatic heterocycles. The molecular weight excluding hydrogens is 276 g/mol. The van der Waals surface area contributed by atoms with E-state index in [0.717, 1.165) is 11.0 Å². The van der Waals surface area contributed by atoms with Gasteiger partial charge in [0.25, 0.3) is 0 Å². The van der Waals surface area contributed by atoms with Crippen LogP contribution in [0.15, 0.2) is 36.4 Å². The van der Waals surface area contributed by atoms with Crippen LogP contribution < -0.4 is 0 Å². The van der Waals surface area contributed by atoms with E-state index in [9.17, 15) is 10.2 Å². The summed E-state index contributed by atoms with van der Waals surface area (Å²) in [6.45, 7) is 2.73. The number of rotatable bonds is 2. The van der Waals surface area contributed by atoms with Gasteiger partial charge >= 0.3 is 0 Å². The Balaban J connectivity index is 2.30. The number of imidazole rings is 1. The Morgan fingerprint density at radius 1 is 1.15 bits per heavy atom. The zero-order valence-corrected chi connectivity index (χ0v) is 11.6. The molecule has 0 fully saturated rings. The topological polar surface area (TPSA) is 58.3 Å². The molecule has 20 heavy (non-hydrogen) atoms. The summed E-state index contributed by atoms with van der Waals surface area (Å²) in [4.78, 5) is 4.54. The Labute approximate surface area is 120 Å². The quantitative estimate of drug-likeness (QED) is 0.754. The van der Waals surface area contributed by atoms with Gasteiger partial charge in [0, 0.05) is 17.6 Å². The molecule has 3 aromatic rings. The summed E-state index contributed by atoms with van der Waals surface area (Å²) in [6.07, 6.45) is 0. The fourth-order valence-electron chi connectivity index (χ4n) is 2.34. The summed E-state index contributed by atoms with van der Waals surface area (Å²) < 4.78 is 2.00. The standard InChI is InChI=1S/C15H13ClN2O2/c1-2-18-13-6-3-9(16)7-12(13)17-15(18)11-5-4-10(19)8-14(11)20/h3-8,19-20H,2H2,1H3. The monoisotopic (exact) mass is 288 g/mol. The molecule has 3 rings (SSSR count). The molecule has 5 heteroatoms. The molecule has 1 heterocycles. The Morgan fingerprint density at radius 3 is 2.65 bits per heavy atom. The fraction of sp³-hybridized carbons (Fsp3) is 0.133. The van der Waals surface area contributed by atoms with Crippen molar-refractivity contribution >= 4 is 22.6 Å². The summed E-state index contributed by atoms with van der Waals surface area (Å²) in [5.74, 6) is 0.678. The average Bonchev–Trinajstić information content (AvgIpc) is 2.75. The van der Waals surface area contributed by atoms with Crippen LogP contribution in [0.2, 0.25) is 5.02 Å². The van der Waals surface area contributed by atoms with E-state index in [1.165, 1.54) is 12.1 Å². The van der Waals surface area contributed by atoms with Gasteiger partial charge in [-0.1, -0.05) is 11.6 Å². The number of phenols is 2. The van der Waals surface area contributed by atoms with Gasteiger partial charge in [-0.05, 0) is 37.3 Å². The number of aromatic hydroxyl groups is 2. The Morgan fingerprint density at radius 2 is 1.95 bits per heavy atom. The van der Waals surface area contributed by atoms with E-state index < -0.39 is 0 Å². The van der Waals surface area contributed by atoms with E-state index in [1.54, 1.807) is 12.1 Å². The van der Waals surface area contributed by atoms with Crippen molar-refractivity contribution < 1.29 is 10.2 Å². The number of halogens is 1. The number of aromatic nitrogens is 2. The molecule has 2 N–H and O–H groups in total. The van der Waals surface area contributed by atoms with Crippen molar-refractivity contribution in [1.29, 1.82) is 0 Å². The highest BCUT2D eigenvalue weighted by atomic mass is 35.5. The van der Waals surface area contributed by atoms with Gasteiger partial charge in [0.05, 0.1) is 16.6 Å². The van der Waals surface area contributed by atoms with Gasteiger partial charge in [-0.2, -0.15) is 0 Å². The molecule has 0 aliphatic carbocycles. The minimum absolute atomic E-state index is 0.00102. The van der Waals surface area contributed by atoms with Gasteiger partial charge in [0.2, 0.25) is 0 Å². The molecule has 102 valence electrons. The predicted molar refractivity (Wildman–Crippen MR) is 79.2 cm³/mol. The van der Waals surface area contributed by atoms with Crippen LogP contribution >= 0.6 is 11.6 Å². The molecular formula is C15H13ClN2O2. The minimum Gasteiger partial charge on any atom is -0.508 e. The molecule has 4 nitrogen and oxygen atoms in total. The minimum atomic E-state index is 0.00102. The smallest absolute Gasteiger partial charge is 0.144 e. The Kier molecular flexibility index (Phi) is 3.03. The zero-order chi connectivity index (χ0) is 14.3. The second kappa shape index (κ2) is 4.72. The van der Waals surface area contributed by atoms with Crippen LogP contribution in [0.25, 0.3) is 22.4 Å². The third-order valence-corrected chi connectivity index (χ3v) is 3.48. The van der Waals surface area contributed by atoms with Gasteiger partial charge < -0.3 is 14.8 Å². The Hall–Kier alpha value is -2.20. The molecule has 0 amide bonds. The van der Waals surface area contributed by atoms with Crippen LogP contribution in [0, 0.1) is 0 Å². The average molecular weight is 289 g/mol. The molecule has 0 saturated heterocycles. The van der Waals surface area contributed by atoms with Crippen molar-refractivity contribution in [1.82, 2.24) is 9.55 Å². The molecule has 0 spiro atoms. The van der Waals surface area contributed by atoms with Crippen molar-refractivity contribution in [3.05, 3.63) is 41.4 Å². The van der Waals surface area contributed by atoms with Crippen molar-refractivity contribution in [2.45, 2.75) is 13.5 Å². The fourth-order valence-corrected chi connectivity index (χ4v) is 2.50. The second-order valence-electron chi connectivity index (χ2n) is 4.51. The Bertz CT molecular complexity index is 796. The van der Waals surface area contributed by atoms with Crippen LogP contribution in [-0.4, -0.2) is 19.8 Å². The van der Waals surface area contributed by atoms with Gasteiger partial charge in [-0.3, -0.25) is 0 Å². The SMILES string of the molecule is CCn1c(-c2ccc(O)cc2O)nc2cc(Cl)ccc21. The van der Waals surface area contributed by atoms with Crippen LogP contribution in [0.5, 0.6) is 11.5 Å². The number of phenolic OH excluding ortho intramolecular Hbond substituents is 2. The first kappa shape index (κ1) is 12.8. The molecule has 0 atom stereocenters. The summed E-state index contributed by atoms with van der Waals surface area (Å²) in [5, 5.41) is 20.0. The highest BCUT2D eigenvalue weighted by molar-refractivity contribution is 6.31. The third-order valence-electron chi connectivity index (χ3n) is 3.25. The normalized spacial score (nSPS) is 11.1. The van der Waals surface area contributed by atoms with Crippen LogP contribution in [0.3, 0.4) is 0 Å². The first-order valence-corrected chi connectivity index (χ1v) is 6.66. The lowest BCUT2D eigenvalue weighted by atomic mass is 10.2. The molecule has 0 bridgehead atoms. The van der Waals surface area contributed by atoms with Crippen molar-refractivity contribution in [3.8, 4) is 22.9 Å². The number of hydrogen-bond donors (Lipinski definition) is 2. The highest BCUT2D eigenvalue weighted by Gasteiger charge is 2.15. The maximum atomic E-state index is 10.0. The number of nitrogens with zero attached hydrogens (tertiary/aromatic N) is 2. The van der Waals surface area contributed by atoms with E-state index in [-0.39, 0.29) is 11.5 Å². The lowest BCUT2D eigenvalue weighted by Gasteiger charge is -2.08. The first-order valence-electron chi connectivity index (χ1n) is 6.28. The van der Waals surface area contributed by atoms with Gasteiger partial charge in [-0.15, -0.1) is 0 Å². The largest absolute Gasteiger partial charge is 0.508 e. The molecule has 0 aliphatic heterocycles. The molecule has 2 aromatic carbocycles.